The highest BCUT2D eigenvalue weighted by molar-refractivity contribution is 5.36. The Morgan fingerprint density at radius 1 is 1.24 bits per heavy atom. The molecule has 0 spiro atoms. The predicted octanol–water partition coefficient (Wildman–Crippen LogP) is 2.89. The van der Waals surface area contributed by atoms with Crippen LogP contribution in [0.15, 0.2) is 16.9 Å². The Balaban J connectivity index is 2.36. The lowest BCUT2D eigenvalue weighted by molar-refractivity contribution is 0.531. The van der Waals surface area contributed by atoms with Crippen LogP contribution >= 0.6 is 0 Å². The fourth-order valence-electron chi connectivity index (χ4n) is 2.87. The van der Waals surface area contributed by atoms with Gasteiger partial charge in [0, 0.05) is 12.2 Å². The van der Waals surface area contributed by atoms with Crippen molar-refractivity contribution in [2.75, 3.05) is 5.73 Å². The number of hydrogen-bond donors (Lipinski definition) is 1. The number of hydrogen-bond acceptors (Lipinski definition) is 2. The molecule has 0 atom stereocenters. The standard InChI is InChI=1S/C14H22N2O/c1-2-16-13(10-9-12(15)14(16)17)11-7-5-3-4-6-8-11/h9-11H,2-8,15H2,1H3. The van der Waals surface area contributed by atoms with Crippen LogP contribution < -0.4 is 11.3 Å². The van der Waals surface area contributed by atoms with Gasteiger partial charge in [-0.25, -0.2) is 0 Å². The lowest BCUT2D eigenvalue weighted by Gasteiger charge is -2.19. The van der Waals surface area contributed by atoms with Gasteiger partial charge in [0.1, 0.15) is 0 Å². The van der Waals surface area contributed by atoms with Gasteiger partial charge in [-0.1, -0.05) is 25.7 Å². The van der Waals surface area contributed by atoms with Crippen molar-refractivity contribution in [1.82, 2.24) is 4.57 Å². The SMILES string of the molecule is CCn1c(C2CCCCCC2)ccc(N)c1=O. The van der Waals surface area contributed by atoms with Gasteiger partial charge in [0.25, 0.3) is 5.56 Å². The summed E-state index contributed by atoms with van der Waals surface area (Å²) in [5, 5.41) is 0. The molecule has 1 aliphatic rings. The van der Waals surface area contributed by atoms with Gasteiger partial charge >= 0.3 is 0 Å². The van der Waals surface area contributed by atoms with E-state index < -0.39 is 0 Å². The van der Waals surface area contributed by atoms with Crippen molar-refractivity contribution in [2.24, 2.45) is 0 Å². The molecular weight excluding hydrogens is 212 g/mol. The maximum absolute atomic E-state index is 12.0. The molecule has 3 heteroatoms. The summed E-state index contributed by atoms with van der Waals surface area (Å²) < 4.78 is 1.85. The van der Waals surface area contributed by atoms with Crippen LogP contribution in [-0.2, 0) is 6.54 Å². The Morgan fingerprint density at radius 3 is 2.47 bits per heavy atom. The third-order valence-electron chi connectivity index (χ3n) is 3.83. The summed E-state index contributed by atoms with van der Waals surface area (Å²) in [5.41, 5.74) is 7.23. The molecule has 17 heavy (non-hydrogen) atoms. The van der Waals surface area contributed by atoms with E-state index in [1.165, 1.54) is 44.2 Å². The zero-order valence-corrected chi connectivity index (χ0v) is 10.6. The second kappa shape index (κ2) is 5.39. The number of nitrogens with two attached hydrogens (primary N) is 1. The molecule has 0 amide bonds. The molecule has 3 nitrogen and oxygen atoms in total. The van der Waals surface area contributed by atoms with Gasteiger partial charge in [0.2, 0.25) is 0 Å². The van der Waals surface area contributed by atoms with Crippen molar-refractivity contribution in [1.29, 1.82) is 0 Å². The molecule has 1 heterocycles. The van der Waals surface area contributed by atoms with Gasteiger partial charge in [-0.2, -0.15) is 0 Å². The molecule has 1 fully saturated rings. The Hall–Kier alpha value is -1.25. The molecule has 0 aliphatic heterocycles. The van der Waals surface area contributed by atoms with Crippen molar-refractivity contribution >= 4 is 5.69 Å². The number of anilines is 1. The fourth-order valence-corrected chi connectivity index (χ4v) is 2.87. The third kappa shape index (κ3) is 2.54. The first kappa shape index (κ1) is 12.2. The fraction of sp³-hybridized carbons (Fsp3) is 0.643. The quantitative estimate of drug-likeness (QED) is 0.800. The summed E-state index contributed by atoms with van der Waals surface area (Å²) in [4.78, 5) is 12.0. The van der Waals surface area contributed by atoms with Crippen LogP contribution in [-0.4, -0.2) is 4.57 Å². The van der Waals surface area contributed by atoms with E-state index >= 15 is 0 Å². The molecule has 0 bridgehead atoms. The summed E-state index contributed by atoms with van der Waals surface area (Å²) in [6.45, 7) is 2.73. The van der Waals surface area contributed by atoms with Gasteiger partial charge in [-0.05, 0) is 37.8 Å². The topological polar surface area (TPSA) is 48.0 Å². The van der Waals surface area contributed by atoms with E-state index in [-0.39, 0.29) is 5.56 Å². The van der Waals surface area contributed by atoms with Crippen LogP contribution in [0.5, 0.6) is 0 Å². The van der Waals surface area contributed by atoms with E-state index in [2.05, 4.69) is 6.07 Å². The Labute approximate surface area is 103 Å². The molecule has 1 aromatic rings. The first-order valence-electron chi connectivity index (χ1n) is 6.73. The Bertz CT molecular complexity index is 428. The van der Waals surface area contributed by atoms with Gasteiger partial charge in [-0.3, -0.25) is 4.79 Å². The lowest BCUT2D eigenvalue weighted by atomic mass is 9.95. The molecule has 1 aliphatic carbocycles. The van der Waals surface area contributed by atoms with Crippen molar-refractivity contribution in [3.05, 3.63) is 28.2 Å². The van der Waals surface area contributed by atoms with E-state index in [0.717, 1.165) is 6.54 Å². The average molecular weight is 234 g/mol. The molecule has 0 unspecified atom stereocenters. The van der Waals surface area contributed by atoms with Gasteiger partial charge in [-0.15, -0.1) is 0 Å². The zero-order chi connectivity index (χ0) is 12.3. The number of rotatable bonds is 2. The normalized spacial score (nSPS) is 17.9. The van der Waals surface area contributed by atoms with Crippen molar-refractivity contribution in [3.8, 4) is 0 Å². The highest BCUT2D eigenvalue weighted by atomic mass is 16.1. The highest BCUT2D eigenvalue weighted by Crippen LogP contribution is 2.31. The largest absolute Gasteiger partial charge is 0.394 e. The van der Waals surface area contributed by atoms with Gasteiger partial charge in [0.15, 0.2) is 0 Å². The molecule has 2 N–H and O–H groups in total. The van der Waals surface area contributed by atoms with Crippen LogP contribution in [0.2, 0.25) is 0 Å². The number of pyridine rings is 1. The van der Waals surface area contributed by atoms with Crippen molar-refractivity contribution < 1.29 is 0 Å². The van der Waals surface area contributed by atoms with Crippen LogP contribution in [0.4, 0.5) is 5.69 Å². The number of aromatic nitrogens is 1. The zero-order valence-electron chi connectivity index (χ0n) is 10.6. The third-order valence-corrected chi connectivity index (χ3v) is 3.83. The van der Waals surface area contributed by atoms with E-state index in [0.29, 0.717) is 11.6 Å². The minimum absolute atomic E-state index is 0.0192. The molecule has 1 saturated carbocycles. The Kier molecular flexibility index (Phi) is 3.87. The summed E-state index contributed by atoms with van der Waals surface area (Å²) in [6.07, 6.45) is 7.66. The molecule has 94 valence electrons. The first-order valence-corrected chi connectivity index (χ1v) is 6.73. The smallest absolute Gasteiger partial charge is 0.273 e. The second-order valence-corrected chi connectivity index (χ2v) is 4.95. The summed E-state index contributed by atoms with van der Waals surface area (Å²) in [7, 11) is 0. The van der Waals surface area contributed by atoms with E-state index in [9.17, 15) is 4.79 Å². The first-order chi connectivity index (χ1) is 8.24. The van der Waals surface area contributed by atoms with Crippen molar-refractivity contribution in [2.45, 2.75) is 57.9 Å². The maximum Gasteiger partial charge on any atom is 0.273 e. The molecule has 1 aromatic heterocycles. The van der Waals surface area contributed by atoms with E-state index in [1.807, 2.05) is 11.5 Å². The van der Waals surface area contributed by atoms with E-state index in [4.69, 9.17) is 5.73 Å². The molecule has 0 radical (unpaired) electrons. The molecular formula is C14H22N2O. The second-order valence-electron chi connectivity index (χ2n) is 4.95. The molecule has 2 rings (SSSR count). The molecule has 0 saturated heterocycles. The van der Waals surface area contributed by atoms with Crippen LogP contribution in [0, 0.1) is 0 Å². The van der Waals surface area contributed by atoms with Gasteiger partial charge in [0.05, 0.1) is 5.69 Å². The molecule has 0 aromatic carbocycles. The summed E-state index contributed by atoms with van der Waals surface area (Å²) in [6, 6.07) is 3.82. The number of nitrogens with zero attached hydrogens (tertiary/aromatic N) is 1. The predicted molar refractivity (Wildman–Crippen MR) is 71.2 cm³/mol. The monoisotopic (exact) mass is 234 g/mol. The maximum atomic E-state index is 12.0. The van der Waals surface area contributed by atoms with Crippen LogP contribution in [0.3, 0.4) is 0 Å². The van der Waals surface area contributed by atoms with Crippen LogP contribution in [0.1, 0.15) is 57.1 Å². The number of nitrogen functional groups attached to an aromatic ring is 1. The van der Waals surface area contributed by atoms with E-state index in [1.54, 1.807) is 6.07 Å². The van der Waals surface area contributed by atoms with Gasteiger partial charge < -0.3 is 10.3 Å². The minimum atomic E-state index is -0.0192. The van der Waals surface area contributed by atoms with Crippen molar-refractivity contribution in [3.63, 3.8) is 0 Å². The summed E-state index contributed by atoms with van der Waals surface area (Å²) >= 11 is 0. The highest BCUT2D eigenvalue weighted by Gasteiger charge is 2.18. The Morgan fingerprint density at radius 2 is 1.88 bits per heavy atom. The minimum Gasteiger partial charge on any atom is -0.394 e. The lowest BCUT2D eigenvalue weighted by Crippen LogP contribution is -2.26. The summed E-state index contributed by atoms with van der Waals surface area (Å²) in [5.74, 6) is 0.547. The van der Waals surface area contributed by atoms with Crippen LogP contribution in [0.25, 0.3) is 0 Å². The average Bonchev–Trinajstić information content (AvgIpc) is 2.61.